The van der Waals surface area contributed by atoms with Crippen LogP contribution in [0.4, 0.5) is 17.6 Å². The number of fused-ring (bicyclic) bond motifs is 1. The third-order valence-corrected chi connectivity index (χ3v) is 3.73. The Morgan fingerprint density at radius 2 is 1.68 bits per heavy atom. The molecule has 5 nitrogen and oxygen atoms in total. The quantitative estimate of drug-likeness (QED) is 0.665. The first-order valence-electron chi connectivity index (χ1n) is 7.10. The van der Waals surface area contributed by atoms with E-state index in [1.165, 1.54) is 31.3 Å². The van der Waals surface area contributed by atoms with E-state index in [-0.39, 0.29) is 17.6 Å². The van der Waals surface area contributed by atoms with Crippen molar-refractivity contribution >= 4 is 11.0 Å². The van der Waals surface area contributed by atoms with E-state index in [0.29, 0.717) is 11.6 Å². The summed E-state index contributed by atoms with van der Waals surface area (Å²) in [5.74, 6) is -0.466. The van der Waals surface area contributed by atoms with Gasteiger partial charge in [-0.2, -0.15) is 13.2 Å². The Morgan fingerprint density at radius 3 is 2.28 bits per heavy atom. The van der Waals surface area contributed by atoms with Gasteiger partial charge in [0.1, 0.15) is 17.2 Å². The molecule has 3 aromatic rings. The van der Waals surface area contributed by atoms with E-state index in [2.05, 4.69) is 4.98 Å². The lowest BCUT2D eigenvalue weighted by Crippen LogP contribution is -2.39. The molecular weight excluding hydrogens is 342 g/mol. The number of hydrogen-bond acceptors (Lipinski definition) is 3. The van der Waals surface area contributed by atoms with E-state index < -0.39 is 28.9 Å². The molecule has 0 radical (unpaired) electrons. The lowest BCUT2D eigenvalue weighted by atomic mass is 10.2. The van der Waals surface area contributed by atoms with Gasteiger partial charge in [0.2, 0.25) is 0 Å². The van der Waals surface area contributed by atoms with Crippen LogP contribution in [0, 0.1) is 5.82 Å². The Labute approximate surface area is 137 Å². The highest BCUT2D eigenvalue weighted by Gasteiger charge is 2.33. The first kappa shape index (κ1) is 16.9. The zero-order valence-corrected chi connectivity index (χ0v) is 12.8. The average Bonchev–Trinajstić information content (AvgIpc) is 2.57. The highest BCUT2D eigenvalue weighted by molar-refractivity contribution is 5.74. The minimum Gasteiger partial charge on any atom is -0.280 e. The molecule has 0 atom stereocenters. The fourth-order valence-electron chi connectivity index (χ4n) is 2.44. The Hall–Kier alpha value is -2.97. The molecule has 9 heteroatoms. The minimum absolute atomic E-state index is 0.114. The zero-order chi connectivity index (χ0) is 18.4. The number of pyridine rings is 1. The van der Waals surface area contributed by atoms with Crippen molar-refractivity contribution in [2.24, 2.45) is 7.05 Å². The molecule has 0 amide bonds. The fourth-order valence-corrected chi connectivity index (χ4v) is 2.44. The molecule has 3 rings (SSSR count). The van der Waals surface area contributed by atoms with Crippen LogP contribution in [0.3, 0.4) is 0 Å². The van der Waals surface area contributed by atoms with Crippen LogP contribution in [-0.4, -0.2) is 14.1 Å². The van der Waals surface area contributed by atoms with Gasteiger partial charge in [-0.1, -0.05) is 12.1 Å². The summed E-state index contributed by atoms with van der Waals surface area (Å²) in [5.41, 5.74) is -2.61. The van der Waals surface area contributed by atoms with Crippen LogP contribution < -0.4 is 11.2 Å². The highest BCUT2D eigenvalue weighted by atomic mass is 19.4. The van der Waals surface area contributed by atoms with E-state index in [0.717, 1.165) is 15.2 Å². The maximum absolute atomic E-state index is 13.0. The van der Waals surface area contributed by atoms with Crippen LogP contribution in [0.2, 0.25) is 0 Å². The van der Waals surface area contributed by atoms with E-state index in [1.807, 2.05) is 0 Å². The lowest BCUT2D eigenvalue weighted by Gasteiger charge is -2.12. The van der Waals surface area contributed by atoms with Crippen molar-refractivity contribution in [3.63, 3.8) is 0 Å². The molecule has 0 aliphatic carbocycles. The van der Waals surface area contributed by atoms with Crippen molar-refractivity contribution < 1.29 is 17.6 Å². The Balaban J connectivity index is 2.20. The largest absolute Gasteiger partial charge is 0.433 e. The van der Waals surface area contributed by atoms with Crippen molar-refractivity contribution in [3.05, 3.63) is 74.3 Å². The fraction of sp³-hybridized carbons (Fsp3) is 0.188. The molecule has 0 bridgehead atoms. The molecule has 0 saturated heterocycles. The van der Waals surface area contributed by atoms with Gasteiger partial charge in [0.25, 0.3) is 5.56 Å². The number of aryl methyl sites for hydroxylation is 1. The maximum atomic E-state index is 13.0. The topological polar surface area (TPSA) is 56.9 Å². The summed E-state index contributed by atoms with van der Waals surface area (Å²) in [6.45, 7) is -0.136. The molecule has 0 unspecified atom stereocenters. The molecule has 0 aliphatic rings. The number of alkyl halides is 3. The van der Waals surface area contributed by atoms with Crippen molar-refractivity contribution in [1.82, 2.24) is 14.1 Å². The Kier molecular flexibility index (Phi) is 3.94. The number of hydrogen-bond donors (Lipinski definition) is 0. The molecular formula is C16H11F4N3O2. The van der Waals surface area contributed by atoms with E-state index in [9.17, 15) is 27.2 Å². The summed E-state index contributed by atoms with van der Waals surface area (Å²) in [7, 11) is 1.23. The first-order valence-corrected chi connectivity index (χ1v) is 7.10. The van der Waals surface area contributed by atoms with Gasteiger partial charge in [0, 0.05) is 7.05 Å². The van der Waals surface area contributed by atoms with Gasteiger partial charge in [-0.15, -0.1) is 0 Å². The van der Waals surface area contributed by atoms with Crippen LogP contribution in [-0.2, 0) is 19.8 Å². The van der Waals surface area contributed by atoms with Gasteiger partial charge in [-0.05, 0) is 29.8 Å². The molecule has 25 heavy (non-hydrogen) atoms. The van der Waals surface area contributed by atoms with Crippen molar-refractivity contribution in [1.29, 1.82) is 0 Å². The van der Waals surface area contributed by atoms with Gasteiger partial charge in [-0.3, -0.25) is 13.9 Å². The number of rotatable bonds is 2. The second kappa shape index (κ2) is 5.83. The minimum atomic E-state index is -4.69. The predicted molar refractivity (Wildman–Crippen MR) is 81.7 cm³/mol. The average molecular weight is 353 g/mol. The molecule has 0 N–H and O–H groups in total. The number of benzene rings is 1. The molecule has 1 aromatic carbocycles. The molecule has 130 valence electrons. The number of halogens is 4. The van der Waals surface area contributed by atoms with Crippen LogP contribution in [0.25, 0.3) is 11.0 Å². The normalized spacial score (nSPS) is 11.9. The van der Waals surface area contributed by atoms with Crippen LogP contribution in [0.5, 0.6) is 0 Å². The summed E-state index contributed by atoms with van der Waals surface area (Å²) in [6, 6.07) is 6.88. The smallest absolute Gasteiger partial charge is 0.280 e. The van der Waals surface area contributed by atoms with Gasteiger partial charge in [0.15, 0.2) is 0 Å². The Morgan fingerprint density at radius 1 is 1.04 bits per heavy atom. The lowest BCUT2D eigenvalue weighted by molar-refractivity contribution is -0.141. The Bertz CT molecular complexity index is 1070. The van der Waals surface area contributed by atoms with Crippen molar-refractivity contribution in [2.75, 3.05) is 0 Å². The van der Waals surface area contributed by atoms with Gasteiger partial charge in [0.05, 0.1) is 11.9 Å². The highest BCUT2D eigenvalue weighted by Crippen LogP contribution is 2.28. The first-order chi connectivity index (χ1) is 11.7. The number of nitrogens with zero attached hydrogens (tertiary/aromatic N) is 3. The summed E-state index contributed by atoms with van der Waals surface area (Å²) in [4.78, 5) is 28.3. The van der Waals surface area contributed by atoms with Crippen molar-refractivity contribution in [3.8, 4) is 0 Å². The summed E-state index contributed by atoms with van der Waals surface area (Å²) < 4.78 is 53.1. The summed E-state index contributed by atoms with van der Waals surface area (Å²) >= 11 is 0. The van der Waals surface area contributed by atoms with Crippen molar-refractivity contribution in [2.45, 2.75) is 12.7 Å². The summed E-state index contributed by atoms with van der Waals surface area (Å²) in [5, 5.41) is -0.114. The summed E-state index contributed by atoms with van der Waals surface area (Å²) in [6.07, 6.45) is -4.69. The molecule has 0 saturated carbocycles. The third-order valence-electron chi connectivity index (χ3n) is 3.73. The van der Waals surface area contributed by atoms with E-state index >= 15 is 0 Å². The monoisotopic (exact) mass is 353 g/mol. The van der Waals surface area contributed by atoms with Gasteiger partial charge >= 0.3 is 11.9 Å². The maximum Gasteiger partial charge on any atom is 0.433 e. The standard InChI is InChI=1S/C16H11F4N3O2/c1-22-13-11(6-7-12(21-13)16(18,19)20)14(24)23(15(22)25)8-9-2-4-10(17)5-3-9/h2-7H,8H2,1H3. The number of aromatic nitrogens is 3. The van der Waals surface area contributed by atoms with Crippen LogP contribution >= 0.6 is 0 Å². The molecule has 0 spiro atoms. The molecule has 2 aromatic heterocycles. The third kappa shape index (κ3) is 3.04. The molecule has 2 heterocycles. The molecule has 0 fully saturated rings. The SMILES string of the molecule is Cn1c(=O)n(Cc2ccc(F)cc2)c(=O)c2ccc(C(F)(F)F)nc21. The molecule has 0 aliphatic heterocycles. The van der Waals surface area contributed by atoms with Crippen LogP contribution in [0.15, 0.2) is 46.0 Å². The second-order valence-corrected chi connectivity index (χ2v) is 5.42. The van der Waals surface area contributed by atoms with E-state index in [1.54, 1.807) is 0 Å². The zero-order valence-electron chi connectivity index (χ0n) is 12.8. The van der Waals surface area contributed by atoms with E-state index in [4.69, 9.17) is 0 Å². The van der Waals surface area contributed by atoms with Gasteiger partial charge in [-0.25, -0.2) is 14.2 Å². The predicted octanol–water partition coefficient (Wildman–Crippen LogP) is 2.30. The van der Waals surface area contributed by atoms with Crippen LogP contribution in [0.1, 0.15) is 11.3 Å². The van der Waals surface area contributed by atoms with Gasteiger partial charge < -0.3 is 0 Å². The second-order valence-electron chi connectivity index (χ2n) is 5.42.